The van der Waals surface area contributed by atoms with Crippen LogP contribution in [0.15, 0.2) is 30.5 Å². The number of halogens is 3. The van der Waals surface area contributed by atoms with Crippen LogP contribution in [0.25, 0.3) is 5.69 Å². The number of alkyl halides is 3. The summed E-state index contributed by atoms with van der Waals surface area (Å²) in [6.07, 6.45) is -0.830. The van der Waals surface area contributed by atoms with Crippen LogP contribution in [0.5, 0.6) is 0 Å². The Hall–Kier alpha value is -2.35. The first-order valence-electron chi connectivity index (χ1n) is 9.45. The number of carbonyl (C=O) groups excluding carboxylic acids is 1. The molecule has 0 aliphatic carbocycles. The van der Waals surface area contributed by atoms with E-state index < -0.39 is 23.3 Å². The number of amides is 1. The smallest absolute Gasteiger partial charge is 0.352 e. The Kier molecular flexibility index (Phi) is 6.07. The second-order valence-electron chi connectivity index (χ2n) is 7.39. The van der Waals surface area contributed by atoms with Crippen molar-refractivity contribution in [3.8, 4) is 5.69 Å². The molecule has 152 valence electrons. The van der Waals surface area contributed by atoms with Crippen LogP contribution in [-0.4, -0.2) is 47.3 Å². The van der Waals surface area contributed by atoms with Crippen LogP contribution in [0.2, 0.25) is 0 Å². The van der Waals surface area contributed by atoms with Crippen molar-refractivity contribution in [2.24, 2.45) is 5.92 Å². The topological polar surface area (TPSA) is 50.2 Å². The summed E-state index contributed by atoms with van der Waals surface area (Å²) in [5.41, 5.74) is -0.539. The van der Waals surface area contributed by atoms with E-state index in [0.717, 1.165) is 43.2 Å². The van der Waals surface area contributed by atoms with Gasteiger partial charge >= 0.3 is 6.18 Å². The Morgan fingerprint density at radius 1 is 1.25 bits per heavy atom. The third-order valence-electron chi connectivity index (χ3n) is 5.30. The number of para-hydroxylation sites is 1. The Morgan fingerprint density at radius 3 is 2.57 bits per heavy atom. The first kappa shape index (κ1) is 20.4. The summed E-state index contributed by atoms with van der Waals surface area (Å²) < 4.78 is 42.0. The van der Waals surface area contributed by atoms with Crippen LogP contribution in [0.1, 0.15) is 40.9 Å². The van der Waals surface area contributed by atoms with E-state index >= 15 is 0 Å². The van der Waals surface area contributed by atoms with Gasteiger partial charge in [0.2, 0.25) is 0 Å². The van der Waals surface area contributed by atoms with Crippen molar-refractivity contribution >= 4 is 5.91 Å². The lowest BCUT2D eigenvalue weighted by Crippen LogP contribution is -2.33. The molecule has 0 unspecified atom stereocenters. The largest absolute Gasteiger partial charge is 0.434 e. The predicted octanol–water partition coefficient (Wildman–Crippen LogP) is 3.66. The van der Waals surface area contributed by atoms with Crippen molar-refractivity contribution in [2.75, 3.05) is 26.7 Å². The van der Waals surface area contributed by atoms with Crippen LogP contribution in [-0.2, 0) is 6.18 Å². The molecular formula is C20H25F3N4O. The van der Waals surface area contributed by atoms with Crippen molar-refractivity contribution in [3.63, 3.8) is 0 Å². The van der Waals surface area contributed by atoms with Gasteiger partial charge in [0, 0.05) is 6.54 Å². The average Bonchev–Trinajstić information content (AvgIpc) is 3.09. The van der Waals surface area contributed by atoms with E-state index in [-0.39, 0.29) is 0 Å². The van der Waals surface area contributed by atoms with Gasteiger partial charge in [-0.1, -0.05) is 18.2 Å². The van der Waals surface area contributed by atoms with Crippen LogP contribution in [0, 0.1) is 12.8 Å². The fourth-order valence-corrected chi connectivity index (χ4v) is 3.61. The van der Waals surface area contributed by atoms with Crippen molar-refractivity contribution in [2.45, 2.75) is 32.4 Å². The van der Waals surface area contributed by atoms with E-state index in [1.54, 1.807) is 31.2 Å². The third-order valence-corrected chi connectivity index (χ3v) is 5.30. The van der Waals surface area contributed by atoms with Crippen LogP contribution in [0.4, 0.5) is 13.2 Å². The monoisotopic (exact) mass is 394 g/mol. The summed E-state index contributed by atoms with van der Waals surface area (Å²) in [5.74, 6) is -0.242. The van der Waals surface area contributed by atoms with Gasteiger partial charge in [-0.25, -0.2) is 4.68 Å². The van der Waals surface area contributed by atoms with Gasteiger partial charge in [-0.15, -0.1) is 0 Å². The molecule has 1 amide bonds. The van der Waals surface area contributed by atoms with Gasteiger partial charge in [0.1, 0.15) is 0 Å². The van der Waals surface area contributed by atoms with Gasteiger partial charge in [-0.3, -0.25) is 4.79 Å². The quantitative estimate of drug-likeness (QED) is 0.842. The van der Waals surface area contributed by atoms with E-state index in [2.05, 4.69) is 22.4 Å². The van der Waals surface area contributed by atoms with Crippen LogP contribution < -0.4 is 5.32 Å². The molecule has 0 spiro atoms. The number of aryl methyl sites for hydroxylation is 1. The van der Waals surface area contributed by atoms with Gasteiger partial charge in [0.25, 0.3) is 5.91 Å². The fraction of sp³-hybridized carbons (Fsp3) is 0.500. The Morgan fingerprint density at radius 2 is 1.93 bits per heavy atom. The first-order valence-corrected chi connectivity index (χ1v) is 9.45. The minimum atomic E-state index is -4.70. The molecule has 2 heterocycles. The molecule has 1 aliphatic rings. The Bertz CT molecular complexity index is 823. The zero-order chi connectivity index (χ0) is 20.3. The van der Waals surface area contributed by atoms with Gasteiger partial charge in [0.15, 0.2) is 5.69 Å². The normalized spacial score (nSPS) is 16.3. The Balaban J connectivity index is 1.74. The second kappa shape index (κ2) is 8.34. The van der Waals surface area contributed by atoms with Crippen molar-refractivity contribution in [1.29, 1.82) is 0 Å². The number of benzene rings is 1. The highest BCUT2D eigenvalue weighted by atomic mass is 19.4. The maximum atomic E-state index is 13.7. The van der Waals surface area contributed by atoms with Crippen LogP contribution >= 0.6 is 0 Å². The van der Waals surface area contributed by atoms with Gasteiger partial charge < -0.3 is 10.2 Å². The molecule has 1 N–H and O–H groups in total. The minimum absolute atomic E-state index is 0.306. The highest BCUT2D eigenvalue weighted by molar-refractivity contribution is 5.95. The molecule has 1 aromatic heterocycles. The number of piperidine rings is 1. The fourth-order valence-electron chi connectivity index (χ4n) is 3.61. The standard InChI is InChI=1S/C20H25F3N4O/c1-14-5-3-4-6-17(14)27-18(20(21,22)23)16(13-25-27)19(28)24-10-7-15-8-11-26(2)12-9-15/h3-6,13,15H,7-12H2,1-2H3,(H,24,28). The minimum Gasteiger partial charge on any atom is -0.352 e. The lowest BCUT2D eigenvalue weighted by Gasteiger charge is -2.28. The molecule has 1 aromatic carbocycles. The molecule has 0 atom stereocenters. The van der Waals surface area contributed by atoms with E-state index in [9.17, 15) is 18.0 Å². The molecule has 1 aliphatic heterocycles. The zero-order valence-corrected chi connectivity index (χ0v) is 16.1. The number of nitrogens with zero attached hydrogens (tertiary/aromatic N) is 3. The number of nitrogens with one attached hydrogen (secondary N) is 1. The summed E-state index contributed by atoms with van der Waals surface area (Å²) in [5, 5.41) is 6.51. The Labute approximate surface area is 162 Å². The maximum Gasteiger partial charge on any atom is 0.434 e. The summed E-state index contributed by atoms with van der Waals surface area (Å²) in [7, 11) is 2.07. The van der Waals surface area contributed by atoms with Crippen molar-refractivity contribution < 1.29 is 18.0 Å². The second-order valence-corrected chi connectivity index (χ2v) is 7.39. The maximum absolute atomic E-state index is 13.7. The lowest BCUT2D eigenvalue weighted by molar-refractivity contribution is -0.143. The molecule has 2 aromatic rings. The predicted molar refractivity (Wildman–Crippen MR) is 100 cm³/mol. The number of aromatic nitrogens is 2. The van der Waals surface area contributed by atoms with Gasteiger partial charge in [-0.05, 0) is 63.9 Å². The van der Waals surface area contributed by atoms with E-state index in [1.807, 2.05) is 0 Å². The van der Waals surface area contributed by atoms with Gasteiger partial charge in [0.05, 0.1) is 17.4 Å². The summed E-state index contributed by atoms with van der Waals surface area (Å²) in [6, 6.07) is 6.65. The molecule has 1 saturated heterocycles. The molecule has 1 fully saturated rings. The molecule has 5 nitrogen and oxygen atoms in total. The number of carbonyl (C=O) groups is 1. The molecule has 0 saturated carbocycles. The van der Waals surface area contributed by atoms with Gasteiger partial charge in [-0.2, -0.15) is 18.3 Å². The number of hydrogen-bond donors (Lipinski definition) is 1. The van der Waals surface area contributed by atoms with E-state index in [1.165, 1.54) is 0 Å². The zero-order valence-electron chi connectivity index (χ0n) is 16.1. The first-order chi connectivity index (χ1) is 13.3. The number of hydrogen-bond acceptors (Lipinski definition) is 3. The molecule has 8 heteroatoms. The number of rotatable bonds is 5. The molecule has 0 radical (unpaired) electrons. The van der Waals surface area contributed by atoms with E-state index in [4.69, 9.17) is 0 Å². The van der Waals surface area contributed by atoms with Crippen LogP contribution in [0.3, 0.4) is 0 Å². The molecule has 0 bridgehead atoms. The highest BCUT2D eigenvalue weighted by Gasteiger charge is 2.40. The summed E-state index contributed by atoms with van der Waals surface area (Å²) in [6.45, 7) is 4.10. The van der Waals surface area contributed by atoms with Crippen molar-refractivity contribution in [1.82, 2.24) is 20.0 Å². The summed E-state index contributed by atoms with van der Waals surface area (Å²) in [4.78, 5) is 14.7. The van der Waals surface area contributed by atoms with Crippen molar-refractivity contribution in [3.05, 3.63) is 47.3 Å². The average molecular weight is 394 g/mol. The lowest BCUT2D eigenvalue weighted by atomic mass is 9.94. The SMILES string of the molecule is Cc1ccccc1-n1ncc(C(=O)NCCC2CCN(C)CC2)c1C(F)(F)F. The molecule has 3 rings (SSSR count). The highest BCUT2D eigenvalue weighted by Crippen LogP contribution is 2.34. The number of likely N-dealkylation sites (tertiary alicyclic amines) is 1. The molecule has 28 heavy (non-hydrogen) atoms. The molecular weight excluding hydrogens is 369 g/mol. The van der Waals surface area contributed by atoms with E-state index in [0.29, 0.717) is 23.7 Å². The summed E-state index contributed by atoms with van der Waals surface area (Å²) >= 11 is 0. The third kappa shape index (κ3) is 4.55.